The van der Waals surface area contributed by atoms with E-state index >= 15 is 0 Å². The van der Waals surface area contributed by atoms with Crippen LogP contribution in [-0.2, 0) is 14.3 Å². The molecule has 5 heteroatoms. The van der Waals surface area contributed by atoms with Gasteiger partial charge in [0.2, 0.25) is 5.91 Å². The number of rotatable bonds is 3. The van der Waals surface area contributed by atoms with Crippen molar-refractivity contribution in [2.45, 2.75) is 39.2 Å². The second-order valence-electron chi connectivity index (χ2n) is 7.53. The summed E-state index contributed by atoms with van der Waals surface area (Å²) in [6.07, 6.45) is 9.55. The van der Waals surface area contributed by atoms with E-state index in [2.05, 4.69) is 15.9 Å². The van der Waals surface area contributed by atoms with E-state index in [1.54, 1.807) is 4.90 Å². The summed E-state index contributed by atoms with van der Waals surface area (Å²) >= 11 is 3.55. The maximum absolute atomic E-state index is 12.7. The van der Waals surface area contributed by atoms with Gasteiger partial charge in [-0.15, -0.1) is 0 Å². The molecule has 0 spiro atoms. The number of ether oxygens (including phenoxy) is 1. The van der Waals surface area contributed by atoms with Crippen LogP contribution in [0.25, 0.3) is 0 Å². The van der Waals surface area contributed by atoms with Gasteiger partial charge in [0.05, 0.1) is 17.5 Å². The van der Waals surface area contributed by atoms with Gasteiger partial charge in [-0.2, -0.15) is 0 Å². The fourth-order valence-electron chi connectivity index (χ4n) is 2.97. The molecule has 0 saturated carbocycles. The largest absolute Gasteiger partial charge is 0.460 e. The molecule has 2 unspecified atom stereocenters. The molecular formula is C21H22BrNO3. The van der Waals surface area contributed by atoms with Gasteiger partial charge in [-0.3, -0.25) is 14.5 Å². The number of carbonyl (C=O) groups is 2. The van der Waals surface area contributed by atoms with E-state index in [-0.39, 0.29) is 23.7 Å². The van der Waals surface area contributed by atoms with E-state index in [9.17, 15) is 9.59 Å². The van der Waals surface area contributed by atoms with E-state index in [1.807, 2.05) is 76.4 Å². The summed E-state index contributed by atoms with van der Waals surface area (Å²) < 4.78 is 6.23. The third-order valence-electron chi connectivity index (χ3n) is 4.34. The Bertz CT molecular complexity index is 845. The SMILES string of the molecule is CC(C(=O)OC(C)(C)C)c1ccc(N2C=C3C=CC=CC3C2=O)c(Br)c1. The number of anilines is 1. The Morgan fingerprint density at radius 1 is 1.27 bits per heavy atom. The average Bonchev–Trinajstić information content (AvgIpc) is 2.89. The highest BCUT2D eigenvalue weighted by molar-refractivity contribution is 9.10. The predicted molar refractivity (Wildman–Crippen MR) is 106 cm³/mol. The van der Waals surface area contributed by atoms with Crippen LogP contribution in [0.2, 0.25) is 0 Å². The van der Waals surface area contributed by atoms with E-state index < -0.39 is 5.60 Å². The summed E-state index contributed by atoms with van der Waals surface area (Å²) in [5.41, 5.74) is 2.06. The highest BCUT2D eigenvalue weighted by Gasteiger charge is 2.33. The second kappa shape index (κ2) is 6.88. The third-order valence-corrected chi connectivity index (χ3v) is 4.97. The molecule has 1 aliphatic heterocycles. The molecule has 1 amide bonds. The molecule has 0 bridgehead atoms. The van der Waals surface area contributed by atoms with Crippen LogP contribution in [0.15, 0.2) is 58.7 Å². The molecule has 1 heterocycles. The molecule has 1 aromatic rings. The van der Waals surface area contributed by atoms with Crippen molar-refractivity contribution in [1.29, 1.82) is 0 Å². The zero-order valence-electron chi connectivity index (χ0n) is 15.3. The topological polar surface area (TPSA) is 46.6 Å². The maximum atomic E-state index is 12.7. The Kier molecular flexibility index (Phi) is 4.93. The van der Waals surface area contributed by atoms with Crippen molar-refractivity contribution in [2.75, 3.05) is 4.90 Å². The molecule has 2 aliphatic rings. The number of nitrogens with zero attached hydrogens (tertiary/aromatic N) is 1. The van der Waals surface area contributed by atoms with Crippen molar-refractivity contribution >= 4 is 33.5 Å². The van der Waals surface area contributed by atoms with E-state index in [1.165, 1.54) is 0 Å². The van der Waals surface area contributed by atoms with Crippen LogP contribution >= 0.6 is 15.9 Å². The molecule has 0 fully saturated rings. The van der Waals surface area contributed by atoms with Gasteiger partial charge >= 0.3 is 5.97 Å². The summed E-state index contributed by atoms with van der Waals surface area (Å²) in [5, 5.41) is 0. The monoisotopic (exact) mass is 415 g/mol. The highest BCUT2D eigenvalue weighted by atomic mass is 79.9. The summed E-state index contributed by atoms with van der Waals surface area (Å²) in [6.45, 7) is 7.38. The molecule has 3 rings (SSSR count). The zero-order valence-corrected chi connectivity index (χ0v) is 16.9. The number of halogens is 1. The van der Waals surface area contributed by atoms with E-state index in [4.69, 9.17) is 4.74 Å². The minimum atomic E-state index is -0.520. The molecule has 2 atom stereocenters. The summed E-state index contributed by atoms with van der Waals surface area (Å²) in [4.78, 5) is 26.6. The standard InChI is InChI=1S/C21H22BrNO3/c1-13(20(25)26-21(2,3)4)14-9-10-18(17(22)11-14)23-12-15-7-5-6-8-16(15)19(23)24/h5-13,16H,1-4H3. The molecule has 1 aromatic carbocycles. The normalized spacial score (nSPS) is 20.0. The summed E-state index contributed by atoms with van der Waals surface area (Å²) in [7, 11) is 0. The van der Waals surface area contributed by atoms with Crippen molar-refractivity contribution in [1.82, 2.24) is 0 Å². The number of hydrogen-bond acceptors (Lipinski definition) is 3. The van der Waals surface area contributed by atoms with Crippen molar-refractivity contribution in [3.63, 3.8) is 0 Å². The number of benzene rings is 1. The number of esters is 1. The second-order valence-corrected chi connectivity index (χ2v) is 8.38. The van der Waals surface area contributed by atoms with E-state index in [0.717, 1.165) is 21.3 Å². The molecule has 0 radical (unpaired) electrons. The van der Waals surface area contributed by atoms with Crippen molar-refractivity contribution in [3.8, 4) is 0 Å². The molecule has 4 nitrogen and oxygen atoms in total. The minimum absolute atomic E-state index is 0.0224. The Balaban J connectivity index is 1.84. The molecule has 0 saturated heterocycles. The lowest BCUT2D eigenvalue weighted by Gasteiger charge is -2.23. The summed E-state index contributed by atoms with van der Waals surface area (Å²) in [6, 6.07) is 5.61. The highest BCUT2D eigenvalue weighted by Crippen LogP contribution is 2.37. The number of amides is 1. The van der Waals surface area contributed by atoms with Crippen LogP contribution in [0.3, 0.4) is 0 Å². The van der Waals surface area contributed by atoms with Crippen molar-refractivity contribution in [2.24, 2.45) is 5.92 Å². The van der Waals surface area contributed by atoms with Crippen LogP contribution in [0.1, 0.15) is 39.2 Å². The number of allylic oxidation sites excluding steroid dienone is 3. The van der Waals surface area contributed by atoms with E-state index in [0.29, 0.717) is 0 Å². The van der Waals surface area contributed by atoms with Gasteiger partial charge in [-0.1, -0.05) is 30.4 Å². The van der Waals surface area contributed by atoms with Gasteiger partial charge in [0.25, 0.3) is 0 Å². The lowest BCUT2D eigenvalue weighted by atomic mass is 9.97. The molecular weight excluding hydrogens is 394 g/mol. The van der Waals surface area contributed by atoms with Crippen LogP contribution < -0.4 is 4.90 Å². The Morgan fingerprint density at radius 2 is 2.00 bits per heavy atom. The zero-order chi connectivity index (χ0) is 19.1. The van der Waals surface area contributed by atoms with Gasteiger partial charge in [0.15, 0.2) is 0 Å². The van der Waals surface area contributed by atoms with Crippen LogP contribution in [-0.4, -0.2) is 17.5 Å². The Morgan fingerprint density at radius 3 is 2.62 bits per heavy atom. The van der Waals surface area contributed by atoms with Crippen LogP contribution in [0, 0.1) is 5.92 Å². The Labute approximate surface area is 162 Å². The molecule has 26 heavy (non-hydrogen) atoms. The van der Waals surface area contributed by atoms with Crippen LogP contribution in [0.5, 0.6) is 0 Å². The number of hydrogen-bond donors (Lipinski definition) is 0. The molecule has 0 aromatic heterocycles. The van der Waals surface area contributed by atoms with Crippen LogP contribution in [0.4, 0.5) is 5.69 Å². The van der Waals surface area contributed by atoms with Gasteiger partial charge in [0, 0.05) is 10.7 Å². The first-order valence-corrected chi connectivity index (χ1v) is 9.38. The molecule has 1 aliphatic carbocycles. The van der Waals surface area contributed by atoms with Gasteiger partial charge in [-0.05, 0) is 66.9 Å². The Hall–Kier alpha value is -2.14. The minimum Gasteiger partial charge on any atom is -0.460 e. The molecule has 0 N–H and O–H groups in total. The fraction of sp³-hybridized carbons (Fsp3) is 0.333. The van der Waals surface area contributed by atoms with Crippen molar-refractivity contribution < 1.29 is 14.3 Å². The van der Waals surface area contributed by atoms with Gasteiger partial charge in [-0.25, -0.2) is 0 Å². The lowest BCUT2D eigenvalue weighted by Crippen LogP contribution is -2.27. The van der Waals surface area contributed by atoms with Crippen molar-refractivity contribution in [3.05, 3.63) is 64.3 Å². The van der Waals surface area contributed by atoms with Gasteiger partial charge < -0.3 is 4.74 Å². The maximum Gasteiger partial charge on any atom is 0.313 e. The first kappa shape index (κ1) is 18.6. The fourth-order valence-corrected chi connectivity index (χ4v) is 3.56. The summed E-state index contributed by atoms with van der Waals surface area (Å²) in [5.74, 6) is -0.847. The number of carbonyl (C=O) groups excluding carboxylic acids is 2. The predicted octanol–water partition coefficient (Wildman–Crippen LogP) is 4.87. The average molecular weight is 416 g/mol. The number of fused-ring (bicyclic) bond motifs is 1. The first-order chi connectivity index (χ1) is 12.2. The first-order valence-electron chi connectivity index (χ1n) is 8.59. The third kappa shape index (κ3) is 3.68. The molecule has 136 valence electrons. The smallest absolute Gasteiger partial charge is 0.313 e. The van der Waals surface area contributed by atoms with Gasteiger partial charge in [0.1, 0.15) is 5.60 Å². The quantitative estimate of drug-likeness (QED) is 0.661. The lowest BCUT2D eigenvalue weighted by molar-refractivity contribution is -0.156.